The van der Waals surface area contributed by atoms with Gasteiger partial charge in [-0.3, -0.25) is 0 Å². The Labute approximate surface area is 88.8 Å². The topological polar surface area (TPSA) is 24.1 Å². The predicted molar refractivity (Wildman–Crippen MR) is 62.6 cm³/mol. The first-order chi connectivity index (χ1) is 6.68. The molecule has 1 fully saturated rings. The molecule has 0 saturated heterocycles. The Kier molecular flexibility index (Phi) is 5.49. The Balaban J connectivity index is 1.89. The first kappa shape index (κ1) is 12.0. The summed E-state index contributed by atoms with van der Waals surface area (Å²) in [6, 6.07) is 1.21. The minimum Gasteiger partial charge on any atom is -0.313 e. The fourth-order valence-electron chi connectivity index (χ4n) is 1.80. The van der Waals surface area contributed by atoms with Crippen LogP contribution >= 0.6 is 0 Å². The third-order valence-electron chi connectivity index (χ3n) is 3.10. The fraction of sp³-hybridized carbons (Fsp3) is 1.00. The van der Waals surface area contributed by atoms with Gasteiger partial charge < -0.3 is 10.6 Å². The summed E-state index contributed by atoms with van der Waals surface area (Å²) in [5, 5.41) is 7.02. The molecule has 1 aliphatic carbocycles. The van der Waals surface area contributed by atoms with Crippen molar-refractivity contribution in [3.8, 4) is 0 Å². The van der Waals surface area contributed by atoms with E-state index in [2.05, 4.69) is 31.4 Å². The highest BCUT2D eigenvalue weighted by Crippen LogP contribution is 2.28. The summed E-state index contributed by atoms with van der Waals surface area (Å²) in [6.45, 7) is 8.94. The Bertz CT molecular complexity index is 141. The summed E-state index contributed by atoms with van der Waals surface area (Å²) >= 11 is 0. The molecule has 1 rings (SSSR count). The third-order valence-corrected chi connectivity index (χ3v) is 3.10. The maximum absolute atomic E-state index is 3.57. The number of rotatable bonds is 7. The van der Waals surface area contributed by atoms with Crippen LogP contribution in [0.5, 0.6) is 0 Å². The van der Waals surface area contributed by atoms with Crippen LogP contribution in [0.25, 0.3) is 0 Å². The average molecular weight is 198 g/mol. The Morgan fingerprint density at radius 1 is 1.14 bits per heavy atom. The first-order valence-corrected chi connectivity index (χ1v) is 6.15. The summed E-state index contributed by atoms with van der Waals surface area (Å²) in [5.74, 6) is 1.03. The molecule has 2 heteroatoms. The van der Waals surface area contributed by atoms with Gasteiger partial charge in [-0.15, -0.1) is 0 Å². The van der Waals surface area contributed by atoms with Gasteiger partial charge in [-0.05, 0) is 25.8 Å². The number of hydrogen-bond donors (Lipinski definition) is 2. The number of hydrogen-bond acceptors (Lipinski definition) is 2. The highest BCUT2D eigenvalue weighted by molar-refractivity contribution is 4.72. The molecule has 0 heterocycles. The highest BCUT2D eigenvalue weighted by Gasteiger charge is 2.16. The summed E-state index contributed by atoms with van der Waals surface area (Å²) < 4.78 is 0. The van der Waals surface area contributed by atoms with Crippen LogP contribution in [-0.2, 0) is 0 Å². The Hall–Kier alpha value is -0.0800. The largest absolute Gasteiger partial charge is 0.313 e. The van der Waals surface area contributed by atoms with Gasteiger partial charge in [0.25, 0.3) is 0 Å². The van der Waals surface area contributed by atoms with Crippen molar-refractivity contribution < 1.29 is 0 Å². The molecule has 0 aliphatic heterocycles. The summed E-state index contributed by atoms with van der Waals surface area (Å²) in [5.41, 5.74) is 0. The second kappa shape index (κ2) is 6.41. The van der Waals surface area contributed by atoms with Gasteiger partial charge >= 0.3 is 0 Å². The van der Waals surface area contributed by atoms with Crippen LogP contribution in [0.3, 0.4) is 0 Å². The SMILES string of the molecule is CC(C)NCC(C)NCCC1CCC1. The van der Waals surface area contributed by atoms with Gasteiger partial charge in [-0.25, -0.2) is 0 Å². The van der Waals surface area contributed by atoms with E-state index in [9.17, 15) is 0 Å². The molecule has 0 bridgehead atoms. The molecule has 2 nitrogen and oxygen atoms in total. The van der Waals surface area contributed by atoms with Crippen molar-refractivity contribution in [1.29, 1.82) is 0 Å². The van der Waals surface area contributed by atoms with E-state index >= 15 is 0 Å². The second-order valence-electron chi connectivity index (χ2n) is 5.00. The molecule has 0 radical (unpaired) electrons. The zero-order valence-corrected chi connectivity index (χ0v) is 9.97. The minimum atomic E-state index is 0.603. The number of nitrogens with one attached hydrogen (secondary N) is 2. The van der Waals surface area contributed by atoms with E-state index in [-0.39, 0.29) is 0 Å². The monoisotopic (exact) mass is 198 g/mol. The maximum Gasteiger partial charge on any atom is 0.0164 e. The highest BCUT2D eigenvalue weighted by atomic mass is 15.0. The third kappa shape index (κ3) is 4.97. The van der Waals surface area contributed by atoms with E-state index in [1.807, 2.05) is 0 Å². The lowest BCUT2D eigenvalue weighted by atomic mass is 9.83. The molecule has 0 aromatic carbocycles. The van der Waals surface area contributed by atoms with Gasteiger partial charge in [-0.2, -0.15) is 0 Å². The molecular weight excluding hydrogens is 172 g/mol. The van der Waals surface area contributed by atoms with Crippen molar-refractivity contribution in [2.45, 2.75) is 58.5 Å². The summed E-state index contributed by atoms with van der Waals surface area (Å²) in [6.07, 6.45) is 5.79. The van der Waals surface area contributed by atoms with E-state index in [1.165, 1.54) is 32.2 Å². The molecular formula is C12H26N2. The van der Waals surface area contributed by atoms with Gasteiger partial charge in [0.2, 0.25) is 0 Å². The molecule has 84 valence electrons. The molecule has 1 unspecified atom stereocenters. The van der Waals surface area contributed by atoms with Crippen LogP contribution in [-0.4, -0.2) is 25.2 Å². The standard InChI is InChI=1S/C12H26N2/c1-10(2)14-9-11(3)13-8-7-12-5-4-6-12/h10-14H,4-9H2,1-3H3. The van der Waals surface area contributed by atoms with Crippen LogP contribution in [0.2, 0.25) is 0 Å². The van der Waals surface area contributed by atoms with Gasteiger partial charge in [0.1, 0.15) is 0 Å². The van der Waals surface area contributed by atoms with Crippen LogP contribution < -0.4 is 10.6 Å². The van der Waals surface area contributed by atoms with Crippen molar-refractivity contribution in [1.82, 2.24) is 10.6 Å². The smallest absolute Gasteiger partial charge is 0.0164 e. The van der Waals surface area contributed by atoms with Crippen molar-refractivity contribution >= 4 is 0 Å². The van der Waals surface area contributed by atoms with Crippen LogP contribution in [0.4, 0.5) is 0 Å². The van der Waals surface area contributed by atoms with E-state index < -0.39 is 0 Å². The lowest BCUT2D eigenvalue weighted by molar-refractivity contribution is 0.287. The zero-order valence-electron chi connectivity index (χ0n) is 9.97. The Morgan fingerprint density at radius 3 is 2.36 bits per heavy atom. The molecule has 0 aromatic rings. The molecule has 1 aliphatic rings. The van der Waals surface area contributed by atoms with Crippen LogP contribution in [0.15, 0.2) is 0 Å². The maximum atomic E-state index is 3.57. The van der Waals surface area contributed by atoms with Gasteiger partial charge in [-0.1, -0.05) is 33.1 Å². The summed E-state index contributed by atoms with van der Waals surface area (Å²) in [4.78, 5) is 0. The quantitative estimate of drug-likeness (QED) is 0.655. The fourth-order valence-corrected chi connectivity index (χ4v) is 1.80. The molecule has 14 heavy (non-hydrogen) atoms. The second-order valence-corrected chi connectivity index (χ2v) is 5.00. The van der Waals surface area contributed by atoms with Gasteiger partial charge in [0.15, 0.2) is 0 Å². The molecule has 1 atom stereocenters. The molecule has 1 saturated carbocycles. The van der Waals surface area contributed by atoms with Crippen molar-refractivity contribution in [2.24, 2.45) is 5.92 Å². The molecule has 0 aromatic heterocycles. The lowest BCUT2D eigenvalue weighted by Gasteiger charge is -2.26. The Morgan fingerprint density at radius 2 is 1.86 bits per heavy atom. The van der Waals surface area contributed by atoms with Crippen LogP contribution in [0.1, 0.15) is 46.5 Å². The normalized spacial score (nSPS) is 19.7. The van der Waals surface area contributed by atoms with Gasteiger partial charge in [0, 0.05) is 18.6 Å². The summed E-state index contributed by atoms with van der Waals surface area (Å²) in [7, 11) is 0. The van der Waals surface area contributed by atoms with Crippen molar-refractivity contribution in [3.05, 3.63) is 0 Å². The average Bonchev–Trinajstić information content (AvgIpc) is 2.06. The molecule has 0 amide bonds. The van der Waals surface area contributed by atoms with E-state index in [0.717, 1.165) is 12.5 Å². The lowest BCUT2D eigenvalue weighted by Crippen LogP contribution is -2.39. The van der Waals surface area contributed by atoms with Crippen LogP contribution in [0, 0.1) is 5.92 Å². The van der Waals surface area contributed by atoms with Crippen molar-refractivity contribution in [2.75, 3.05) is 13.1 Å². The van der Waals surface area contributed by atoms with E-state index in [4.69, 9.17) is 0 Å². The van der Waals surface area contributed by atoms with Crippen molar-refractivity contribution in [3.63, 3.8) is 0 Å². The molecule has 0 spiro atoms. The first-order valence-electron chi connectivity index (χ1n) is 6.15. The zero-order chi connectivity index (χ0) is 10.4. The van der Waals surface area contributed by atoms with Gasteiger partial charge in [0.05, 0.1) is 0 Å². The van der Waals surface area contributed by atoms with E-state index in [1.54, 1.807) is 0 Å². The van der Waals surface area contributed by atoms with E-state index in [0.29, 0.717) is 12.1 Å². The minimum absolute atomic E-state index is 0.603. The predicted octanol–water partition coefficient (Wildman–Crippen LogP) is 2.15. The molecule has 2 N–H and O–H groups in total.